The van der Waals surface area contributed by atoms with E-state index < -0.39 is 0 Å². The molecule has 4 aromatic rings. The highest BCUT2D eigenvalue weighted by atomic mass is 15.4. The van der Waals surface area contributed by atoms with Crippen LogP contribution in [-0.2, 0) is 12.8 Å². The lowest BCUT2D eigenvalue weighted by atomic mass is 10.2. The van der Waals surface area contributed by atoms with E-state index in [4.69, 9.17) is 0 Å². The Hall–Kier alpha value is -3.28. The number of aromatic nitrogens is 6. The minimum Gasteiger partial charge on any atom is -0.220 e. The van der Waals surface area contributed by atoms with Gasteiger partial charge in [0.05, 0.1) is 35.2 Å². The summed E-state index contributed by atoms with van der Waals surface area (Å²) in [5, 5.41) is 16.8. The number of aryl methyl sites for hydroxylation is 4. The standard InChI is InChI=1S/C20H20N6/c1-15-6-9-18(10-7-15)26-20(13-21-23-26)11-8-17-14-25(24-22-17)19-5-3-4-16(2)12-19/h3-7,9-10,12-14H,8,11H2,1-2H3. The Morgan fingerprint density at radius 1 is 0.846 bits per heavy atom. The molecule has 4 rings (SSSR count). The van der Waals surface area contributed by atoms with Crippen LogP contribution in [0.25, 0.3) is 11.4 Å². The summed E-state index contributed by atoms with van der Waals surface area (Å²) in [6.07, 6.45) is 5.37. The first-order chi connectivity index (χ1) is 12.7. The van der Waals surface area contributed by atoms with Crippen LogP contribution in [0.4, 0.5) is 0 Å². The maximum absolute atomic E-state index is 4.30. The van der Waals surface area contributed by atoms with Crippen LogP contribution in [0.3, 0.4) is 0 Å². The largest absolute Gasteiger partial charge is 0.220 e. The van der Waals surface area contributed by atoms with Gasteiger partial charge < -0.3 is 0 Å². The van der Waals surface area contributed by atoms with Crippen LogP contribution < -0.4 is 0 Å². The zero-order valence-electron chi connectivity index (χ0n) is 14.9. The Bertz CT molecular complexity index is 1010. The summed E-state index contributed by atoms with van der Waals surface area (Å²) in [5.74, 6) is 0. The summed E-state index contributed by atoms with van der Waals surface area (Å²) in [6, 6.07) is 16.5. The summed E-state index contributed by atoms with van der Waals surface area (Å²) < 4.78 is 3.70. The van der Waals surface area contributed by atoms with Gasteiger partial charge in [-0.3, -0.25) is 0 Å². The second kappa shape index (κ2) is 6.92. The molecular weight excluding hydrogens is 324 g/mol. The fourth-order valence-electron chi connectivity index (χ4n) is 2.90. The minimum absolute atomic E-state index is 0.783. The molecule has 130 valence electrons. The van der Waals surface area contributed by atoms with E-state index in [0.29, 0.717) is 0 Å². The van der Waals surface area contributed by atoms with E-state index >= 15 is 0 Å². The van der Waals surface area contributed by atoms with Crippen molar-refractivity contribution in [3.05, 3.63) is 83.4 Å². The Balaban J connectivity index is 1.49. The molecular formula is C20H20N6. The molecule has 0 aliphatic carbocycles. The van der Waals surface area contributed by atoms with Crippen molar-refractivity contribution in [3.63, 3.8) is 0 Å². The first-order valence-corrected chi connectivity index (χ1v) is 8.64. The lowest BCUT2D eigenvalue weighted by molar-refractivity contribution is 0.744. The topological polar surface area (TPSA) is 61.4 Å². The molecule has 0 saturated heterocycles. The van der Waals surface area contributed by atoms with Crippen LogP contribution in [0.15, 0.2) is 60.9 Å². The van der Waals surface area contributed by atoms with Crippen LogP contribution in [0.5, 0.6) is 0 Å². The molecule has 0 aliphatic heterocycles. The van der Waals surface area contributed by atoms with Crippen molar-refractivity contribution in [3.8, 4) is 11.4 Å². The third-order valence-electron chi connectivity index (χ3n) is 4.34. The third-order valence-corrected chi connectivity index (χ3v) is 4.34. The van der Waals surface area contributed by atoms with Gasteiger partial charge in [-0.2, -0.15) is 0 Å². The molecule has 6 nitrogen and oxygen atoms in total. The van der Waals surface area contributed by atoms with Crippen molar-refractivity contribution in [2.75, 3.05) is 0 Å². The molecule has 0 aliphatic rings. The molecule has 0 N–H and O–H groups in total. The highest BCUT2D eigenvalue weighted by Crippen LogP contribution is 2.13. The van der Waals surface area contributed by atoms with E-state index in [-0.39, 0.29) is 0 Å². The Morgan fingerprint density at radius 2 is 1.69 bits per heavy atom. The molecule has 26 heavy (non-hydrogen) atoms. The lowest BCUT2D eigenvalue weighted by Crippen LogP contribution is -2.04. The Morgan fingerprint density at radius 3 is 2.50 bits per heavy atom. The van der Waals surface area contributed by atoms with Gasteiger partial charge in [0.1, 0.15) is 0 Å². The Kier molecular flexibility index (Phi) is 4.31. The Labute approximate surface area is 152 Å². The first kappa shape index (κ1) is 16.2. The molecule has 0 atom stereocenters. The predicted octanol–water partition coefficient (Wildman–Crippen LogP) is 3.25. The highest BCUT2D eigenvalue weighted by molar-refractivity contribution is 5.35. The van der Waals surface area contributed by atoms with Gasteiger partial charge in [0.25, 0.3) is 0 Å². The fourth-order valence-corrected chi connectivity index (χ4v) is 2.90. The van der Waals surface area contributed by atoms with Crippen molar-refractivity contribution in [1.82, 2.24) is 30.0 Å². The monoisotopic (exact) mass is 344 g/mol. The van der Waals surface area contributed by atoms with E-state index in [1.807, 2.05) is 33.9 Å². The van der Waals surface area contributed by atoms with E-state index in [9.17, 15) is 0 Å². The quantitative estimate of drug-likeness (QED) is 0.557. The average molecular weight is 344 g/mol. The minimum atomic E-state index is 0.783. The van der Waals surface area contributed by atoms with E-state index in [1.165, 1.54) is 11.1 Å². The summed E-state index contributed by atoms with van der Waals surface area (Å²) in [5.41, 5.74) is 6.47. The van der Waals surface area contributed by atoms with Crippen LogP contribution >= 0.6 is 0 Å². The predicted molar refractivity (Wildman–Crippen MR) is 99.6 cm³/mol. The maximum Gasteiger partial charge on any atom is 0.0835 e. The number of hydrogen-bond donors (Lipinski definition) is 0. The molecule has 0 saturated carbocycles. The maximum atomic E-state index is 4.30. The fraction of sp³-hybridized carbons (Fsp3) is 0.200. The second-order valence-electron chi connectivity index (χ2n) is 6.47. The summed E-state index contributed by atoms with van der Waals surface area (Å²) in [4.78, 5) is 0. The molecule has 6 heteroatoms. The van der Waals surface area contributed by atoms with Gasteiger partial charge in [-0.05, 0) is 56.5 Å². The van der Waals surface area contributed by atoms with Crippen LogP contribution in [-0.4, -0.2) is 30.0 Å². The summed E-state index contributed by atoms with van der Waals surface area (Å²) in [7, 11) is 0. The zero-order chi connectivity index (χ0) is 17.9. The molecule has 0 unspecified atom stereocenters. The molecule has 0 spiro atoms. The van der Waals surface area contributed by atoms with Crippen LogP contribution in [0, 0.1) is 13.8 Å². The average Bonchev–Trinajstić information content (AvgIpc) is 3.30. The van der Waals surface area contributed by atoms with Crippen molar-refractivity contribution < 1.29 is 0 Å². The summed E-state index contributed by atoms with van der Waals surface area (Å²) in [6.45, 7) is 4.14. The smallest absolute Gasteiger partial charge is 0.0835 e. The van der Waals surface area contributed by atoms with Gasteiger partial charge in [0, 0.05) is 0 Å². The van der Waals surface area contributed by atoms with Gasteiger partial charge in [0.2, 0.25) is 0 Å². The first-order valence-electron chi connectivity index (χ1n) is 8.64. The van der Waals surface area contributed by atoms with Gasteiger partial charge >= 0.3 is 0 Å². The van der Waals surface area contributed by atoms with Gasteiger partial charge in [-0.25, -0.2) is 9.36 Å². The molecule has 2 aromatic heterocycles. The van der Waals surface area contributed by atoms with Crippen molar-refractivity contribution >= 4 is 0 Å². The second-order valence-corrected chi connectivity index (χ2v) is 6.47. The molecule has 2 heterocycles. The van der Waals surface area contributed by atoms with Gasteiger partial charge in [0.15, 0.2) is 0 Å². The van der Waals surface area contributed by atoms with E-state index in [0.717, 1.165) is 35.6 Å². The number of hydrogen-bond acceptors (Lipinski definition) is 4. The van der Waals surface area contributed by atoms with Crippen molar-refractivity contribution in [1.29, 1.82) is 0 Å². The van der Waals surface area contributed by atoms with E-state index in [2.05, 4.69) is 70.9 Å². The van der Waals surface area contributed by atoms with Crippen LogP contribution in [0.2, 0.25) is 0 Å². The van der Waals surface area contributed by atoms with Crippen LogP contribution in [0.1, 0.15) is 22.5 Å². The molecule has 0 radical (unpaired) electrons. The SMILES string of the molecule is Cc1ccc(-n2nncc2CCc2cn(-c3cccc(C)c3)nn2)cc1. The van der Waals surface area contributed by atoms with Gasteiger partial charge in [-0.15, -0.1) is 10.2 Å². The van der Waals surface area contributed by atoms with Crippen molar-refractivity contribution in [2.24, 2.45) is 0 Å². The highest BCUT2D eigenvalue weighted by Gasteiger charge is 2.09. The number of nitrogens with zero attached hydrogens (tertiary/aromatic N) is 6. The zero-order valence-corrected chi connectivity index (χ0v) is 14.9. The molecule has 0 fully saturated rings. The molecule has 0 bridgehead atoms. The van der Waals surface area contributed by atoms with Gasteiger partial charge in [-0.1, -0.05) is 40.3 Å². The molecule has 2 aromatic carbocycles. The normalized spacial score (nSPS) is 11.0. The van der Waals surface area contributed by atoms with Crippen molar-refractivity contribution in [2.45, 2.75) is 26.7 Å². The number of benzene rings is 2. The summed E-state index contributed by atoms with van der Waals surface area (Å²) >= 11 is 0. The number of rotatable bonds is 5. The molecule has 0 amide bonds. The van der Waals surface area contributed by atoms with E-state index in [1.54, 1.807) is 0 Å². The lowest BCUT2D eigenvalue weighted by Gasteiger charge is -2.05. The third kappa shape index (κ3) is 3.39.